The standard InChI is InChI=1S/C37H41Cl2N3O11/c1-2-3-4-17-40-34(46)29(19-23-7-12-27(13-8-23)53-33(36(48)49)37(50)51)42-35(47)30(41-31(43)15-16-32(44)45)21-52-26-10-5-22(6-11-26)18-24-20-25(38)9-14-28(24)39/h5-14,20,29-30,33H,2-4,15-19,21H2,1H3,(H,40,46)(H,41,43)(H,42,47)(H,44,45)(H,48,49)(H,50,51)/t29?,30-/m0/s1. The summed E-state index contributed by atoms with van der Waals surface area (Å²) in [7, 11) is 0. The van der Waals surface area contributed by atoms with Crippen molar-refractivity contribution in [3.8, 4) is 11.5 Å². The Kier molecular flexibility index (Phi) is 16.9. The summed E-state index contributed by atoms with van der Waals surface area (Å²) in [5, 5.41) is 36.3. The molecule has 1 unspecified atom stereocenters. The first-order chi connectivity index (χ1) is 25.2. The lowest BCUT2D eigenvalue weighted by molar-refractivity contribution is -0.159. The average Bonchev–Trinajstić information content (AvgIpc) is 3.12. The normalized spacial score (nSPS) is 11.9. The van der Waals surface area contributed by atoms with E-state index in [0.29, 0.717) is 40.7 Å². The quantitative estimate of drug-likeness (QED) is 0.0626. The molecule has 0 aliphatic heterocycles. The second kappa shape index (κ2) is 21.2. The maximum Gasteiger partial charge on any atom is 0.356 e. The molecule has 2 atom stereocenters. The van der Waals surface area contributed by atoms with Gasteiger partial charge in [-0.15, -0.1) is 0 Å². The Morgan fingerprint density at radius 1 is 0.736 bits per heavy atom. The number of hydrogen-bond acceptors (Lipinski definition) is 8. The molecule has 0 bridgehead atoms. The minimum Gasteiger partial charge on any atom is -0.491 e. The Balaban J connectivity index is 1.77. The molecule has 3 rings (SSSR count). The lowest BCUT2D eigenvalue weighted by Crippen LogP contribution is -2.56. The van der Waals surface area contributed by atoms with Crippen LogP contribution in [-0.4, -0.2) is 82.3 Å². The number of carbonyl (C=O) groups excluding carboxylic acids is 3. The molecule has 0 heterocycles. The summed E-state index contributed by atoms with van der Waals surface area (Å²) in [5.41, 5.74) is 2.23. The Morgan fingerprint density at radius 2 is 1.38 bits per heavy atom. The second-order valence-corrected chi connectivity index (χ2v) is 12.8. The van der Waals surface area contributed by atoms with Gasteiger partial charge in [0.25, 0.3) is 6.10 Å². The molecule has 0 saturated heterocycles. The van der Waals surface area contributed by atoms with Crippen molar-refractivity contribution in [1.82, 2.24) is 16.0 Å². The molecule has 0 aromatic heterocycles. The lowest BCUT2D eigenvalue weighted by atomic mass is 10.0. The molecular formula is C37H41Cl2N3O11. The van der Waals surface area contributed by atoms with Gasteiger partial charge in [-0.1, -0.05) is 67.2 Å². The van der Waals surface area contributed by atoms with Crippen LogP contribution < -0.4 is 25.4 Å². The van der Waals surface area contributed by atoms with Crippen molar-refractivity contribution in [3.05, 3.63) is 93.5 Å². The van der Waals surface area contributed by atoms with Crippen LogP contribution in [0.3, 0.4) is 0 Å². The third kappa shape index (κ3) is 14.7. The van der Waals surface area contributed by atoms with Gasteiger partial charge in [0.05, 0.1) is 6.42 Å². The molecule has 3 aromatic carbocycles. The number of carboxylic acids is 3. The number of hydrogen-bond donors (Lipinski definition) is 6. The Hall–Kier alpha value is -5.34. The van der Waals surface area contributed by atoms with Gasteiger partial charge in [0, 0.05) is 29.4 Å². The van der Waals surface area contributed by atoms with Gasteiger partial charge in [0.15, 0.2) is 0 Å². The van der Waals surface area contributed by atoms with Crippen molar-refractivity contribution in [2.75, 3.05) is 13.2 Å². The van der Waals surface area contributed by atoms with Crippen molar-refractivity contribution in [2.24, 2.45) is 0 Å². The molecule has 0 radical (unpaired) electrons. The zero-order valence-corrected chi connectivity index (χ0v) is 30.3. The van der Waals surface area contributed by atoms with E-state index in [-0.39, 0.29) is 18.8 Å². The molecule has 0 aliphatic rings. The van der Waals surface area contributed by atoms with Crippen LogP contribution in [0.1, 0.15) is 55.7 Å². The first-order valence-corrected chi connectivity index (χ1v) is 17.5. The van der Waals surface area contributed by atoms with E-state index < -0.39 is 66.7 Å². The Labute approximate surface area is 315 Å². The summed E-state index contributed by atoms with van der Waals surface area (Å²) in [6.07, 6.45) is -0.0802. The summed E-state index contributed by atoms with van der Waals surface area (Å²) in [6.45, 7) is 1.98. The van der Waals surface area contributed by atoms with Gasteiger partial charge in [-0.25, -0.2) is 9.59 Å². The van der Waals surface area contributed by atoms with Crippen LogP contribution in [0, 0.1) is 0 Å². The van der Waals surface area contributed by atoms with Crippen LogP contribution in [0.5, 0.6) is 11.5 Å². The van der Waals surface area contributed by atoms with Crippen molar-refractivity contribution in [3.63, 3.8) is 0 Å². The number of benzene rings is 3. The lowest BCUT2D eigenvalue weighted by Gasteiger charge is -2.24. The van der Waals surface area contributed by atoms with E-state index in [0.717, 1.165) is 24.0 Å². The minimum absolute atomic E-state index is 0.0456. The molecule has 6 N–H and O–H groups in total. The number of rotatable bonds is 22. The monoisotopic (exact) mass is 773 g/mol. The van der Waals surface area contributed by atoms with Crippen LogP contribution in [-0.2, 0) is 41.6 Å². The highest BCUT2D eigenvalue weighted by atomic mass is 35.5. The summed E-state index contributed by atoms with van der Waals surface area (Å²) >= 11 is 12.4. The molecular weight excluding hydrogens is 733 g/mol. The maximum atomic E-state index is 13.7. The van der Waals surface area contributed by atoms with Gasteiger partial charge >= 0.3 is 17.9 Å². The third-order valence-corrected chi connectivity index (χ3v) is 8.34. The van der Waals surface area contributed by atoms with Crippen molar-refractivity contribution in [2.45, 2.75) is 70.1 Å². The third-order valence-electron chi connectivity index (χ3n) is 7.74. The fourth-order valence-corrected chi connectivity index (χ4v) is 5.30. The average molecular weight is 775 g/mol. The molecule has 16 heteroatoms. The van der Waals surface area contributed by atoms with Crippen LogP contribution in [0.2, 0.25) is 10.0 Å². The zero-order chi connectivity index (χ0) is 38.9. The summed E-state index contributed by atoms with van der Waals surface area (Å²) < 4.78 is 10.9. The summed E-state index contributed by atoms with van der Waals surface area (Å²) in [4.78, 5) is 73.2. The van der Waals surface area contributed by atoms with Gasteiger partial charge in [-0.05, 0) is 72.0 Å². The maximum absolute atomic E-state index is 13.7. The van der Waals surface area contributed by atoms with Gasteiger partial charge < -0.3 is 40.7 Å². The Morgan fingerprint density at radius 3 is 2.00 bits per heavy atom. The van der Waals surface area contributed by atoms with E-state index in [9.17, 15) is 28.8 Å². The number of halogens is 2. The fourth-order valence-electron chi connectivity index (χ4n) is 4.93. The van der Waals surface area contributed by atoms with E-state index in [1.807, 2.05) is 6.92 Å². The predicted octanol–water partition coefficient (Wildman–Crippen LogP) is 4.26. The van der Waals surface area contributed by atoms with Crippen LogP contribution in [0.15, 0.2) is 66.7 Å². The number of carboxylic acid groups (broad SMARTS) is 3. The topological polar surface area (TPSA) is 218 Å². The van der Waals surface area contributed by atoms with Crippen molar-refractivity contribution in [1.29, 1.82) is 0 Å². The highest BCUT2D eigenvalue weighted by Crippen LogP contribution is 2.24. The fraction of sp³-hybridized carbons (Fsp3) is 0.351. The number of carbonyl (C=O) groups is 6. The van der Waals surface area contributed by atoms with E-state index in [1.165, 1.54) is 24.3 Å². The van der Waals surface area contributed by atoms with Crippen LogP contribution in [0.25, 0.3) is 0 Å². The van der Waals surface area contributed by atoms with Gasteiger partial charge in [-0.2, -0.15) is 0 Å². The first-order valence-electron chi connectivity index (χ1n) is 16.7. The molecule has 284 valence electrons. The molecule has 0 aliphatic carbocycles. The number of aliphatic carboxylic acids is 3. The van der Waals surface area contributed by atoms with E-state index in [4.69, 9.17) is 48.0 Å². The Bertz CT molecular complexity index is 1720. The summed E-state index contributed by atoms with van der Waals surface area (Å²) in [5.74, 6) is -6.27. The van der Waals surface area contributed by atoms with E-state index >= 15 is 0 Å². The van der Waals surface area contributed by atoms with Crippen molar-refractivity contribution >= 4 is 58.8 Å². The van der Waals surface area contributed by atoms with Gasteiger partial charge in [0.1, 0.15) is 30.2 Å². The van der Waals surface area contributed by atoms with Gasteiger partial charge in [0.2, 0.25) is 17.7 Å². The van der Waals surface area contributed by atoms with Gasteiger partial charge in [-0.3, -0.25) is 19.2 Å². The number of unbranched alkanes of at least 4 members (excludes halogenated alkanes) is 2. The SMILES string of the molecule is CCCCCNC(=O)C(Cc1ccc(OC(C(=O)O)C(=O)O)cc1)NC(=O)[C@H](COc1ccc(Cc2cc(Cl)ccc2Cl)cc1)NC(=O)CCC(=O)O. The molecule has 0 fully saturated rings. The first kappa shape index (κ1) is 42.1. The predicted molar refractivity (Wildman–Crippen MR) is 194 cm³/mol. The molecule has 3 amide bonds. The molecule has 3 aromatic rings. The van der Waals surface area contributed by atoms with E-state index in [2.05, 4.69) is 16.0 Å². The van der Waals surface area contributed by atoms with E-state index in [1.54, 1.807) is 42.5 Å². The highest BCUT2D eigenvalue weighted by Gasteiger charge is 2.29. The molecule has 53 heavy (non-hydrogen) atoms. The minimum atomic E-state index is -2.13. The largest absolute Gasteiger partial charge is 0.491 e. The zero-order valence-electron chi connectivity index (χ0n) is 28.8. The highest BCUT2D eigenvalue weighted by molar-refractivity contribution is 6.33. The smallest absolute Gasteiger partial charge is 0.356 e. The molecule has 14 nitrogen and oxygen atoms in total. The molecule has 0 saturated carbocycles. The second-order valence-electron chi connectivity index (χ2n) is 12.0. The molecule has 0 spiro atoms. The van der Waals surface area contributed by atoms with Crippen molar-refractivity contribution < 1.29 is 53.6 Å². The number of nitrogens with one attached hydrogen (secondary N) is 3. The number of ether oxygens (including phenoxy) is 2. The summed E-state index contributed by atoms with van der Waals surface area (Å²) in [6, 6.07) is 15.3. The van der Waals surface area contributed by atoms with Crippen LogP contribution in [0.4, 0.5) is 0 Å². The van der Waals surface area contributed by atoms with Crippen LogP contribution >= 0.6 is 23.2 Å². The number of amides is 3.